The molecule has 0 aromatic heterocycles. The molecule has 0 bridgehead atoms. The van der Waals surface area contributed by atoms with Gasteiger partial charge in [-0.3, -0.25) is 5.32 Å². The van der Waals surface area contributed by atoms with Crippen molar-refractivity contribution in [3.63, 3.8) is 0 Å². The van der Waals surface area contributed by atoms with E-state index < -0.39 is 6.09 Å². The van der Waals surface area contributed by atoms with E-state index in [0.29, 0.717) is 5.69 Å². The Kier molecular flexibility index (Phi) is 2.26. The van der Waals surface area contributed by atoms with Gasteiger partial charge in [-0.2, -0.15) is 0 Å². The van der Waals surface area contributed by atoms with Gasteiger partial charge in [0.25, 0.3) is 0 Å². The van der Waals surface area contributed by atoms with Crippen LogP contribution in [-0.4, -0.2) is 17.7 Å². The van der Waals surface area contributed by atoms with Gasteiger partial charge < -0.3 is 10.4 Å². The molecule has 0 saturated carbocycles. The van der Waals surface area contributed by atoms with Crippen molar-refractivity contribution in [1.82, 2.24) is 0 Å². The summed E-state index contributed by atoms with van der Waals surface area (Å²) >= 11 is 0. The molecule has 0 radical (unpaired) electrons. The molecule has 74 valence electrons. The van der Waals surface area contributed by atoms with Gasteiger partial charge >= 0.3 is 6.09 Å². The van der Waals surface area contributed by atoms with Gasteiger partial charge in [-0.15, -0.1) is 0 Å². The molecule has 0 aliphatic carbocycles. The molecule has 4 nitrogen and oxygen atoms in total. The molecule has 1 heterocycles. The Morgan fingerprint density at radius 2 is 2.36 bits per heavy atom. The molecule has 2 rings (SSSR count). The minimum Gasteiger partial charge on any atom is -0.465 e. The topological polar surface area (TPSA) is 61.4 Å². The second-order valence-electron chi connectivity index (χ2n) is 3.29. The highest BCUT2D eigenvalue weighted by atomic mass is 16.4. The van der Waals surface area contributed by atoms with Gasteiger partial charge in [0, 0.05) is 17.9 Å². The van der Waals surface area contributed by atoms with Crippen LogP contribution in [0.5, 0.6) is 0 Å². The fourth-order valence-electron chi connectivity index (χ4n) is 1.74. The third-order valence-electron chi connectivity index (χ3n) is 2.34. The lowest BCUT2D eigenvalue weighted by atomic mass is 10.0. The van der Waals surface area contributed by atoms with Gasteiger partial charge in [-0.05, 0) is 30.5 Å². The SMILES string of the molecule is O=C(O)Nc1cccc2c1CCCN2. The molecular weight excluding hydrogens is 180 g/mol. The average Bonchev–Trinajstić information content (AvgIpc) is 2.18. The van der Waals surface area contributed by atoms with Gasteiger partial charge in [0.05, 0.1) is 0 Å². The van der Waals surface area contributed by atoms with Crippen LogP contribution in [0.2, 0.25) is 0 Å². The lowest BCUT2D eigenvalue weighted by molar-refractivity contribution is 0.209. The van der Waals surface area contributed by atoms with Crippen LogP contribution in [0, 0.1) is 0 Å². The lowest BCUT2D eigenvalue weighted by Crippen LogP contribution is -2.15. The van der Waals surface area contributed by atoms with Crippen molar-refractivity contribution in [3.05, 3.63) is 23.8 Å². The fourth-order valence-corrected chi connectivity index (χ4v) is 1.74. The fraction of sp³-hybridized carbons (Fsp3) is 0.300. The van der Waals surface area contributed by atoms with Crippen molar-refractivity contribution in [2.24, 2.45) is 0 Å². The Labute approximate surface area is 81.9 Å². The molecule has 1 aromatic carbocycles. The van der Waals surface area contributed by atoms with Gasteiger partial charge in [-0.1, -0.05) is 6.07 Å². The van der Waals surface area contributed by atoms with E-state index in [4.69, 9.17) is 5.11 Å². The molecule has 0 fully saturated rings. The van der Waals surface area contributed by atoms with Crippen molar-refractivity contribution >= 4 is 17.5 Å². The van der Waals surface area contributed by atoms with Gasteiger partial charge in [0.1, 0.15) is 0 Å². The summed E-state index contributed by atoms with van der Waals surface area (Å²) in [7, 11) is 0. The number of anilines is 2. The van der Waals surface area contributed by atoms with Gasteiger partial charge in [0.15, 0.2) is 0 Å². The molecule has 0 atom stereocenters. The van der Waals surface area contributed by atoms with E-state index in [1.54, 1.807) is 6.07 Å². The van der Waals surface area contributed by atoms with E-state index in [1.165, 1.54) is 0 Å². The Morgan fingerprint density at radius 1 is 1.50 bits per heavy atom. The van der Waals surface area contributed by atoms with Crippen LogP contribution in [-0.2, 0) is 6.42 Å². The quantitative estimate of drug-likeness (QED) is 0.638. The molecule has 0 unspecified atom stereocenters. The lowest BCUT2D eigenvalue weighted by Gasteiger charge is -2.20. The van der Waals surface area contributed by atoms with Gasteiger partial charge in [-0.25, -0.2) is 4.79 Å². The number of amides is 1. The van der Waals surface area contributed by atoms with Crippen LogP contribution in [0.4, 0.5) is 16.2 Å². The maximum absolute atomic E-state index is 10.5. The van der Waals surface area contributed by atoms with E-state index in [2.05, 4.69) is 10.6 Å². The molecule has 14 heavy (non-hydrogen) atoms. The van der Waals surface area contributed by atoms with Crippen LogP contribution < -0.4 is 10.6 Å². The predicted molar refractivity (Wildman–Crippen MR) is 54.9 cm³/mol. The summed E-state index contributed by atoms with van der Waals surface area (Å²) in [4.78, 5) is 10.5. The van der Waals surface area contributed by atoms with E-state index in [0.717, 1.165) is 30.6 Å². The molecule has 1 aliphatic heterocycles. The number of nitrogens with one attached hydrogen (secondary N) is 2. The van der Waals surface area contributed by atoms with E-state index in [-0.39, 0.29) is 0 Å². The van der Waals surface area contributed by atoms with Crippen LogP contribution >= 0.6 is 0 Å². The van der Waals surface area contributed by atoms with Crippen molar-refractivity contribution in [3.8, 4) is 0 Å². The number of hydrogen-bond donors (Lipinski definition) is 3. The summed E-state index contributed by atoms with van der Waals surface area (Å²) < 4.78 is 0. The zero-order valence-corrected chi connectivity index (χ0v) is 7.71. The Balaban J connectivity index is 2.35. The molecule has 0 saturated heterocycles. The number of rotatable bonds is 1. The standard InChI is InChI=1S/C10H12N2O2/c13-10(14)12-9-5-1-4-8-7(9)3-2-6-11-8/h1,4-5,11-12H,2-3,6H2,(H,13,14). The monoisotopic (exact) mass is 192 g/mol. The number of hydrogen-bond acceptors (Lipinski definition) is 2. The summed E-state index contributed by atoms with van der Waals surface area (Å²) in [5.74, 6) is 0. The first-order valence-electron chi connectivity index (χ1n) is 4.63. The third-order valence-corrected chi connectivity index (χ3v) is 2.34. The molecule has 1 amide bonds. The first-order valence-corrected chi connectivity index (χ1v) is 4.63. The largest absolute Gasteiger partial charge is 0.465 e. The highest BCUT2D eigenvalue weighted by molar-refractivity contribution is 5.86. The number of carbonyl (C=O) groups is 1. The van der Waals surface area contributed by atoms with Crippen molar-refractivity contribution in [1.29, 1.82) is 0 Å². The van der Waals surface area contributed by atoms with Crippen LogP contribution in [0.1, 0.15) is 12.0 Å². The zero-order valence-electron chi connectivity index (χ0n) is 7.71. The molecular formula is C10H12N2O2. The molecule has 3 N–H and O–H groups in total. The second kappa shape index (κ2) is 3.57. The van der Waals surface area contributed by atoms with E-state index in [1.807, 2.05) is 12.1 Å². The summed E-state index contributed by atoms with van der Waals surface area (Å²) in [5, 5.41) is 14.3. The minimum atomic E-state index is -1.01. The normalized spacial score (nSPS) is 14.0. The Bertz CT molecular complexity index is 363. The summed E-state index contributed by atoms with van der Waals surface area (Å²) in [6.07, 6.45) is 0.966. The smallest absolute Gasteiger partial charge is 0.409 e. The maximum Gasteiger partial charge on any atom is 0.409 e. The van der Waals surface area contributed by atoms with E-state index in [9.17, 15) is 4.79 Å². The van der Waals surface area contributed by atoms with Crippen molar-refractivity contribution < 1.29 is 9.90 Å². The number of benzene rings is 1. The molecule has 4 heteroatoms. The maximum atomic E-state index is 10.5. The summed E-state index contributed by atoms with van der Waals surface area (Å²) in [6, 6.07) is 5.61. The van der Waals surface area contributed by atoms with Crippen LogP contribution in [0.15, 0.2) is 18.2 Å². The number of carboxylic acid groups (broad SMARTS) is 1. The van der Waals surface area contributed by atoms with Crippen molar-refractivity contribution in [2.45, 2.75) is 12.8 Å². The van der Waals surface area contributed by atoms with Crippen LogP contribution in [0.3, 0.4) is 0 Å². The average molecular weight is 192 g/mol. The summed E-state index contributed by atoms with van der Waals surface area (Å²) in [6.45, 7) is 0.962. The second-order valence-corrected chi connectivity index (χ2v) is 3.29. The van der Waals surface area contributed by atoms with E-state index >= 15 is 0 Å². The van der Waals surface area contributed by atoms with Crippen LogP contribution in [0.25, 0.3) is 0 Å². The molecule has 0 spiro atoms. The first kappa shape index (κ1) is 8.87. The highest BCUT2D eigenvalue weighted by Crippen LogP contribution is 2.28. The highest BCUT2D eigenvalue weighted by Gasteiger charge is 2.13. The molecule has 1 aliphatic rings. The molecule has 1 aromatic rings. The Hall–Kier alpha value is -1.71. The first-order chi connectivity index (χ1) is 6.77. The Morgan fingerprint density at radius 3 is 3.14 bits per heavy atom. The zero-order chi connectivity index (χ0) is 9.97. The van der Waals surface area contributed by atoms with Crippen molar-refractivity contribution in [2.75, 3.05) is 17.2 Å². The van der Waals surface area contributed by atoms with Gasteiger partial charge in [0.2, 0.25) is 0 Å². The predicted octanol–water partition coefficient (Wildman–Crippen LogP) is 2.13. The summed E-state index contributed by atoms with van der Waals surface area (Å²) in [5.41, 5.74) is 2.81. The minimum absolute atomic E-state index is 0.696. The number of fused-ring (bicyclic) bond motifs is 1. The third kappa shape index (κ3) is 1.64.